The van der Waals surface area contributed by atoms with Crippen molar-refractivity contribution in [2.24, 2.45) is 0 Å². The molecule has 0 radical (unpaired) electrons. The summed E-state index contributed by atoms with van der Waals surface area (Å²) in [6.45, 7) is 1.99. The van der Waals surface area contributed by atoms with Crippen LogP contribution in [0.25, 0.3) is 0 Å². The van der Waals surface area contributed by atoms with Gasteiger partial charge in [-0.05, 0) is 55.0 Å². The second-order valence-electron chi connectivity index (χ2n) is 5.37. The van der Waals surface area contributed by atoms with Crippen LogP contribution in [-0.4, -0.2) is 0 Å². The summed E-state index contributed by atoms with van der Waals surface area (Å²) in [5.74, 6) is -1.11. The molecule has 1 unspecified atom stereocenters. The molecule has 0 saturated heterocycles. The summed E-state index contributed by atoms with van der Waals surface area (Å²) >= 11 is 0. The van der Waals surface area contributed by atoms with Gasteiger partial charge in [0, 0.05) is 12.1 Å². The van der Waals surface area contributed by atoms with E-state index in [9.17, 15) is 8.78 Å². The summed E-state index contributed by atoms with van der Waals surface area (Å²) in [7, 11) is 0. The third kappa shape index (κ3) is 2.53. The van der Waals surface area contributed by atoms with Gasteiger partial charge in [-0.2, -0.15) is 0 Å². The van der Waals surface area contributed by atoms with Gasteiger partial charge in [0.2, 0.25) is 0 Å². The van der Waals surface area contributed by atoms with E-state index in [1.807, 2.05) is 6.92 Å². The van der Waals surface area contributed by atoms with Crippen LogP contribution in [0.5, 0.6) is 0 Å². The lowest BCUT2D eigenvalue weighted by atomic mass is 10.0. The van der Waals surface area contributed by atoms with Crippen LogP contribution in [0.4, 0.5) is 14.5 Å². The van der Waals surface area contributed by atoms with Crippen molar-refractivity contribution in [1.82, 2.24) is 0 Å². The molecule has 20 heavy (non-hydrogen) atoms. The standard InChI is InChI=1S/C17H17F2N/c1-11(20-17-8-7-15(18)10-16(17)19)13-6-5-12-3-2-4-14(12)9-13/h5-11,20H,2-4H2,1H3. The molecule has 3 heteroatoms. The maximum Gasteiger partial charge on any atom is 0.149 e. The Kier molecular flexibility index (Phi) is 3.43. The highest BCUT2D eigenvalue weighted by molar-refractivity contribution is 5.47. The SMILES string of the molecule is CC(Nc1ccc(F)cc1F)c1ccc2c(c1)CCC2. The Hall–Kier alpha value is -1.90. The first-order chi connectivity index (χ1) is 9.63. The minimum Gasteiger partial charge on any atom is -0.376 e. The smallest absolute Gasteiger partial charge is 0.149 e. The van der Waals surface area contributed by atoms with Crippen LogP contribution in [0, 0.1) is 11.6 Å². The van der Waals surface area contributed by atoms with Crippen molar-refractivity contribution in [3.63, 3.8) is 0 Å². The molecule has 2 aromatic carbocycles. The van der Waals surface area contributed by atoms with Gasteiger partial charge >= 0.3 is 0 Å². The number of benzene rings is 2. The third-order valence-corrected chi connectivity index (χ3v) is 3.93. The van der Waals surface area contributed by atoms with Gasteiger partial charge in [-0.15, -0.1) is 0 Å². The lowest BCUT2D eigenvalue weighted by Gasteiger charge is -2.17. The fraction of sp³-hybridized carbons (Fsp3) is 0.294. The van der Waals surface area contributed by atoms with Gasteiger partial charge in [-0.3, -0.25) is 0 Å². The van der Waals surface area contributed by atoms with E-state index in [0.29, 0.717) is 5.69 Å². The fourth-order valence-corrected chi connectivity index (χ4v) is 2.78. The van der Waals surface area contributed by atoms with Crippen molar-refractivity contribution < 1.29 is 8.78 Å². The first-order valence-corrected chi connectivity index (χ1v) is 6.97. The van der Waals surface area contributed by atoms with E-state index in [4.69, 9.17) is 0 Å². The summed E-state index contributed by atoms with van der Waals surface area (Å²) in [6.07, 6.45) is 3.50. The largest absolute Gasteiger partial charge is 0.376 e. The number of fused-ring (bicyclic) bond motifs is 1. The van der Waals surface area contributed by atoms with Crippen LogP contribution in [-0.2, 0) is 12.8 Å². The molecule has 1 atom stereocenters. The van der Waals surface area contributed by atoms with E-state index in [1.54, 1.807) is 0 Å². The molecule has 0 heterocycles. The molecule has 1 N–H and O–H groups in total. The molecule has 0 fully saturated rings. The second kappa shape index (κ2) is 5.23. The van der Waals surface area contributed by atoms with E-state index in [2.05, 4.69) is 23.5 Å². The molecule has 1 aliphatic carbocycles. The summed E-state index contributed by atoms with van der Waals surface area (Å²) in [4.78, 5) is 0. The Bertz CT molecular complexity index is 637. The van der Waals surface area contributed by atoms with Crippen molar-refractivity contribution in [2.45, 2.75) is 32.2 Å². The monoisotopic (exact) mass is 273 g/mol. The predicted molar refractivity (Wildman–Crippen MR) is 76.9 cm³/mol. The summed E-state index contributed by atoms with van der Waals surface area (Å²) < 4.78 is 26.5. The van der Waals surface area contributed by atoms with E-state index in [-0.39, 0.29) is 6.04 Å². The van der Waals surface area contributed by atoms with Gasteiger partial charge in [0.15, 0.2) is 0 Å². The zero-order chi connectivity index (χ0) is 14.1. The maximum absolute atomic E-state index is 13.6. The van der Waals surface area contributed by atoms with Crippen molar-refractivity contribution in [3.05, 3.63) is 64.7 Å². The van der Waals surface area contributed by atoms with Crippen molar-refractivity contribution in [3.8, 4) is 0 Å². The van der Waals surface area contributed by atoms with E-state index in [0.717, 1.165) is 24.5 Å². The number of hydrogen-bond acceptors (Lipinski definition) is 1. The van der Waals surface area contributed by atoms with Crippen LogP contribution < -0.4 is 5.32 Å². The average Bonchev–Trinajstić information content (AvgIpc) is 2.89. The maximum atomic E-state index is 13.6. The van der Waals surface area contributed by atoms with Gasteiger partial charge in [-0.25, -0.2) is 8.78 Å². The van der Waals surface area contributed by atoms with Crippen molar-refractivity contribution in [2.75, 3.05) is 5.32 Å². The molecule has 0 aliphatic heterocycles. The van der Waals surface area contributed by atoms with Crippen LogP contribution in [0.15, 0.2) is 36.4 Å². The van der Waals surface area contributed by atoms with Gasteiger partial charge in [0.1, 0.15) is 11.6 Å². The normalized spacial score (nSPS) is 14.9. The highest BCUT2D eigenvalue weighted by atomic mass is 19.1. The van der Waals surface area contributed by atoms with Crippen LogP contribution in [0.2, 0.25) is 0 Å². The quantitative estimate of drug-likeness (QED) is 0.860. The average molecular weight is 273 g/mol. The molecular weight excluding hydrogens is 256 g/mol. The minimum absolute atomic E-state index is 0.0131. The highest BCUT2D eigenvalue weighted by Crippen LogP contribution is 2.27. The molecule has 0 aromatic heterocycles. The molecular formula is C17H17F2N. The fourth-order valence-electron chi connectivity index (χ4n) is 2.78. The summed E-state index contributed by atoms with van der Waals surface area (Å²) in [5, 5.41) is 3.10. The molecule has 1 nitrogen and oxygen atoms in total. The Morgan fingerprint density at radius 3 is 2.60 bits per heavy atom. The topological polar surface area (TPSA) is 12.0 Å². The summed E-state index contributed by atoms with van der Waals surface area (Å²) in [6, 6.07) is 10.0. The van der Waals surface area contributed by atoms with Crippen LogP contribution in [0.3, 0.4) is 0 Å². The lowest BCUT2D eigenvalue weighted by molar-refractivity contribution is 0.584. The van der Waals surface area contributed by atoms with E-state index in [1.165, 1.54) is 29.7 Å². The number of aryl methyl sites for hydroxylation is 2. The Morgan fingerprint density at radius 1 is 1.00 bits per heavy atom. The first-order valence-electron chi connectivity index (χ1n) is 6.97. The van der Waals surface area contributed by atoms with Gasteiger partial charge in [0.25, 0.3) is 0 Å². The molecule has 0 bridgehead atoms. The van der Waals surface area contributed by atoms with Gasteiger partial charge in [0.05, 0.1) is 5.69 Å². The minimum atomic E-state index is -0.557. The molecule has 0 saturated carbocycles. The Labute approximate surface area is 117 Å². The van der Waals surface area contributed by atoms with Gasteiger partial charge < -0.3 is 5.32 Å². The Balaban J connectivity index is 1.80. The molecule has 104 valence electrons. The lowest BCUT2D eigenvalue weighted by Crippen LogP contribution is -2.08. The van der Waals surface area contributed by atoms with Crippen molar-refractivity contribution >= 4 is 5.69 Å². The number of nitrogens with one attached hydrogen (secondary N) is 1. The molecule has 2 aromatic rings. The summed E-state index contributed by atoms with van der Waals surface area (Å²) in [5.41, 5.74) is 4.29. The van der Waals surface area contributed by atoms with E-state index >= 15 is 0 Å². The van der Waals surface area contributed by atoms with Gasteiger partial charge in [-0.1, -0.05) is 18.2 Å². The highest BCUT2D eigenvalue weighted by Gasteiger charge is 2.14. The molecule has 1 aliphatic rings. The number of hydrogen-bond donors (Lipinski definition) is 1. The second-order valence-corrected chi connectivity index (χ2v) is 5.37. The van der Waals surface area contributed by atoms with Crippen LogP contribution in [0.1, 0.15) is 36.1 Å². The zero-order valence-electron chi connectivity index (χ0n) is 11.4. The number of anilines is 1. The Morgan fingerprint density at radius 2 is 1.80 bits per heavy atom. The third-order valence-electron chi connectivity index (χ3n) is 3.93. The first kappa shape index (κ1) is 13.1. The number of rotatable bonds is 3. The molecule has 0 spiro atoms. The molecule has 3 rings (SSSR count). The van der Waals surface area contributed by atoms with Crippen molar-refractivity contribution in [1.29, 1.82) is 0 Å². The molecule has 0 amide bonds. The van der Waals surface area contributed by atoms with E-state index < -0.39 is 11.6 Å². The zero-order valence-corrected chi connectivity index (χ0v) is 11.4. The number of halogens is 2. The van der Waals surface area contributed by atoms with Crippen LogP contribution >= 0.6 is 0 Å². The predicted octanol–water partition coefficient (Wildman–Crippen LogP) is 4.63.